The number of nitrogens with zero attached hydrogens (tertiary/aromatic N) is 4. The van der Waals surface area contributed by atoms with Crippen molar-refractivity contribution in [2.24, 2.45) is 16.1 Å². The zero-order valence-electron chi connectivity index (χ0n) is 17.8. The lowest BCUT2D eigenvalue weighted by Gasteiger charge is -2.24. The van der Waals surface area contributed by atoms with Crippen molar-refractivity contribution in [1.29, 1.82) is 0 Å². The molecule has 2 aromatic carbocycles. The summed E-state index contributed by atoms with van der Waals surface area (Å²) in [6, 6.07) is 8.17. The van der Waals surface area contributed by atoms with Crippen molar-refractivity contribution < 1.29 is 14.5 Å². The Bertz CT molecular complexity index is 976. The lowest BCUT2D eigenvalue weighted by atomic mass is 10.1. The number of rotatable bonds is 9. The number of hydrogen-bond acceptors (Lipinski definition) is 7. The quantitative estimate of drug-likeness (QED) is 0.117. The summed E-state index contributed by atoms with van der Waals surface area (Å²) in [4.78, 5) is 24.3. The summed E-state index contributed by atoms with van der Waals surface area (Å²) in [6.07, 6.45) is 0.735. The van der Waals surface area contributed by atoms with Crippen LogP contribution in [0.5, 0.6) is 0 Å². The third-order valence-electron chi connectivity index (χ3n) is 4.77. The molecule has 0 spiro atoms. The first kappa shape index (κ1) is 24.7. The van der Waals surface area contributed by atoms with Crippen LogP contribution in [-0.2, 0) is 9.53 Å². The Labute approximate surface area is 194 Å². The summed E-state index contributed by atoms with van der Waals surface area (Å²) in [6.45, 7) is 8.50. The van der Waals surface area contributed by atoms with Gasteiger partial charge in [-0.15, -0.1) is 5.11 Å². The van der Waals surface area contributed by atoms with Gasteiger partial charge < -0.3 is 9.64 Å². The number of carbonyl (C=O) groups is 1. The molecule has 0 heterocycles. The maximum absolute atomic E-state index is 12.0. The number of esters is 1. The second-order valence-electron chi connectivity index (χ2n) is 6.94. The third-order valence-corrected chi connectivity index (χ3v) is 5.67. The topological polar surface area (TPSA) is 97.4 Å². The van der Waals surface area contributed by atoms with Crippen LogP contribution in [0.1, 0.15) is 32.8 Å². The molecule has 2 aromatic rings. The van der Waals surface area contributed by atoms with Crippen molar-refractivity contribution in [3.05, 3.63) is 55.5 Å². The van der Waals surface area contributed by atoms with Gasteiger partial charge in [0.2, 0.25) is 0 Å². The van der Waals surface area contributed by atoms with Crippen LogP contribution >= 0.6 is 27.5 Å². The van der Waals surface area contributed by atoms with Gasteiger partial charge in [0.15, 0.2) is 6.73 Å². The average molecular weight is 512 g/mol. The second-order valence-corrected chi connectivity index (χ2v) is 8.21. The average Bonchev–Trinajstić information content (AvgIpc) is 2.73. The highest BCUT2D eigenvalue weighted by atomic mass is 79.9. The van der Waals surface area contributed by atoms with Gasteiger partial charge in [-0.1, -0.05) is 25.4 Å². The van der Waals surface area contributed by atoms with E-state index in [1.54, 1.807) is 6.07 Å². The highest BCUT2D eigenvalue weighted by molar-refractivity contribution is 9.10. The van der Waals surface area contributed by atoms with E-state index in [0.717, 1.165) is 17.7 Å². The molecule has 8 nitrogen and oxygen atoms in total. The summed E-state index contributed by atoms with van der Waals surface area (Å²) in [7, 11) is 0. The van der Waals surface area contributed by atoms with Crippen molar-refractivity contribution in [2.75, 3.05) is 18.2 Å². The number of hydrogen-bond donors (Lipinski definition) is 0. The van der Waals surface area contributed by atoms with Gasteiger partial charge in [0.25, 0.3) is 5.69 Å². The van der Waals surface area contributed by atoms with Crippen LogP contribution in [0.15, 0.2) is 45.0 Å². The molecule has 166 valence electrons. The minimum absolute atomic E-state index is 0.124. The van der Waals surface area contributed by atoms with Gasteiger partial charge in [-0.3, -0.25) is 14.9 Å². The van der Waals surface area contributed by atoms with Crippen LogP contribution in [0.3, 0.4) is 0 Å². The fourth-order valence-corrected chi connectivity index (χ4v) is 3.50. The van der Waals surface area contributed by atoms with E-state index in [4.69, 9.17) is 16.3 Å². The summed E-state index contributed by atoms with van der Waals surface area (Å²) in [5.41, 5.74) is 2.55. The molecule has 0 aliphatic carbocycles. The Morgan fingerprint density at radius 2 is 2.00 bits per heavy atom. The van der Waals surface area contributed by atoms with Crippen LogP contribution in [0.25, 0.3) is 0 Å². The van der Waals surface area contributed by atoms with Gasteiger partial charge in [-0.2, -0.15) is 5.11 Å². The Kier molecular flexibility index (Phi) is 8.94. The summed E-state index contributed by atoms with van der Waals surface area (Å²) >= 11 is 9.38. The van der Waals surface area contributed by atoms with Gasteiger partial charge in [0.05, 0.1) is 26.0 Å². The Morgan fingerprint density at radius 1 is 1.29 bits per heavy atom. The number of nitro benzene ring substituents is 1. The van der Waals surface area contributed by atoms with Crippen LogP contribution in [0, 0.1) is 23.0 Å². The monoisotopic (exact) mass is 510 g/mol. The van der Waals surface area contributed by atoms with E-state index in [2.05, 4.69) is 26.2 Å². The molecule has 0 amide bonds. The van der Waals surface area contributed by atoms with E-state index < -0.39 is 4.92 Å². The smallest absolute Gasteiger partial charge is 0.310 e. The molecule has 0 fully saturated rings. The lowest BCUT2D eigenvalue weighted by molar-refractivity contribution is -0.384. The molecule has 1 unspecified atom stereocenters. The molecule has 10 heteroatoms. The van der Waals surface area contributed by atoms with Crippen molar-refractivity contribution in [3.63, 3.8) is 0 Å². The number of benzene rings is 2. The SMILES string of the molecule is CCC(C)C(=O)OCN(CC)c1ccc(/N=N/c2c(Cl)cc([N+](=O)[O-])cc2Br)c(C)c1. The largest absolute Gasteiger partial charge is 0.444 e. The standard InChI is InChI=1S/C21H24BrClN4O4/c1-5-13(3)21(28)31-12-26(6-2)15-7-8-19(14(4)9-15)24-25-20-17(22)10-16(27(29)30)11-18(20)23/h7-11,13H,5-6,12H2,1-4H3/b25-24+. The van der Waals surface area contributed by atoms with Gasteiger partial charge in [-0.25, -0.2) is 0 Å². The minimum atomic E-state index is -0.528. The molecule has 2 rings (SSSR count). The second kappa shape index (κ2) is 11.2. The number of halogens is 2. The van der Waals surface area contributed by atoms with Crippen molar-refractivity contribution in [3.8, 4) is 0 Å². The molecule has 1 atom stereocenters. The molecule has 0 radical (unpaired) electrons. The van der Waals surface area contributed by atoms with Gasteiger partial charge in [-0.05, 0) is 60.0 Å². The Hall–Kier alpha value is -2.52. The van der Waals surface area contributed by atoms with E-state index in [0.29, 0.717) is 22.4 Å². The molecule has 0 saturated carbocycles. The molecular formula is C21H24BrClN4O4. The highest BCUT2D eigenvalue weighted by Crippen LogP contribution is 2.38. The first-order valence-electron chi connectivity index (χ1n) is 9.75. The van der Waals surface area contributed by atoms with Crippen LogP contribution in [-0.4, -0.2) is 24.2 Å². The van der Waals surface area contributed by atoms with Crippen molar-refractivity contribution in [2.45, 2.75) is 34.1 Å². The first-order valence-corrected chi connectivity index (χ1v) is 10.9. The molecule has 0 aromatic heterocycles. The summed E-state index contributed by atoms with van der Waals surface area (Å²) in [5.74, 6) is -0.345. The van der Waals surface area contributed by atoms with Crippen LogP contribution < -0.4 is 4.90 Å². The number of azo groups is 1. The number of anilines is 1. The Balaban J connectivity index is 2.19. The van der Waals surface area contributed by atoms with E-state index in [-0.39, 0.29) is 29.3 Å². The van der Waals surface area contributed by atoms with Gasteiger partial charge in [0, 0.05) is 24.4 Å². The predicted molar refractivity (Wildman–Crippen MR) is 125 cm³/mol. The van der Waals surface area contributed by atoms with Gasteiger partial charge >= 0.3 is 5.97 Å². The maximum Gasteiger partial charge on any atom is 0.310 e. The molecule has 0 bridgehead atoms. The van der Waals surface area contributed by atoms with E-state index >= 15 is 0 Å². The fourth-order valence-electron chi connectivity index (χ4n) is 2.60. The summed E-state index contributed by atoms with van der Waals surface area (Å²) in [5, 5.41) is 19.5. The number of nitro groups is 1. The number of carbonyl (C=O) groups excluding carboxylic acids is 1. The van der Waals surface area contributed by atoms with Crippen molar-refractivity contribution >= 4 is 56.2 Å². The van der Waals surface area contributed by atoms with Crippen LogP contribution in [0.2, 0.25) is 5.02 Å². The lowest BCUT2D eigenvalue weighted by Crippen LogP contribution is -2.29. The number of aryl methyl sites for hydroxylation is 1. The van der Waals surface area contributed by atoms with Crippen molar-refractivity contribution in [1.82, 2.24) is 0 Å². The summed E-state index contributed by atoms with van der Waals surface area (Å²) < 4.78 is 5.79. The zero-order valence-corrected chi connectivity index (χ0v) is 20.1. The first-order chi connectivity index (χ1) is 14.7. The van der Waals surface area contributed by atoms with E-state index in [1.807, 2.05) is 44.7 Å². The van der Waals surface area contributed by atoms with E-state index in [9.17, 15) is 14.9 Å². The molecule has 0 saturated heterocycles. The van der Waals surface area contributed by atoms with Crippen LogP contribution in [0.4, 0.5) is 22.7 Å². The number of ether oxygens (including phenoxy) is 1. The number of non-ortho nitro benzene ring substituents is 1. The fraction of sp³-hybridized carbons (Fsp3) is 0.381. The van der Waals surface area contributed by atoms with E-state index in [1.165, 1.54) is 12.1 Å². The Morgan fingerprint density at radius 3 is 2.55 bits per heavy atom. The molecule has 0 N–H and O–H groups in total. The normalized spacial score (nSPS) is 12.1. The third kappa shape index (κ3) is 6.48. The predicted octanol–water partition coefficient (Wildman–Crippen LogP) is 7.11. The highest BCUT2D eigenvalue weighted by Gasteiger charge is 2.16. The molecule has 0 aliphatic rings. The molecule has 0 aliphatic heterocycles. The molecule has 31 heavy (non-hydrogen) atoms. The zero-order chi connectivity index (χ0) is 23.1. The van der Waals surface area contributed by atoms with Gasteiger partial charge in [0.1, 0.15) is 5.69 Å². The molecular weight excluding hydrogens is 488 g/mol. The maximum atomic E-state index is 12.0. The minimum Gasteiger partial charge on any atom is -0.444 e.